The molecule has 0 unspecified atom stereocenters. The van der Waals surface area contributed by atoms with Crippen LogP contribution < -0.4 is 10.6 Å². The molecule has 3 heterocycles. The van der Waals surface area contributed by atoms with Crippen molar-refractivity contribution in [1.82, 2.24) is 19.8 Å². The van der Waals surface area contributed by atoms with E-state index in [1.165, 1.54) is 22.5 Å². The molecular formula is C32H35N5OS. The molecule has 0 saturated carbocycles. The number of nitrogens with one attached hydrogen (secondary N) is 2. The van der Waals surface area contributed by atoms with E-state index < -0.39 is 0 Å². The zero-order chi connectivity index (χ0) is 27.7. The zero-order valence-corrected chi connectivity index (χ0v) is 24.0. The van der Waals surface area contributed by atoms with E-state index in [1.54, 1.807) is 0 Å². The van der Waals surface area contributed by atoms with Crippen LogP contribution in [0.15, 0.2) is 72.9 Å². The van der Waals surface area contributed by atoms with Crippen LogP contribution in [0.1, 0.15) is 57.8 Å². The van der Waals surface area contributed by atoms with Crippen molar-refractivity contribution >= 4 is 28.9 Å². The molecule has 4 aromatic rings. The first-order valence-corrected chi connectivity index (χ1v) is 13.8. The number of rotatable bonds is 7. The smallest absolute Gasteiger partial charge is 0.226 e. The zero-order valence-electron chi connectivity index (χ0n) is 23.2. The second kappa shape index (κ2) is 11.0. The minimum Gasteiger partial charge on any atom is -0.352 e. The third kappa shape index (κ3) is 5.19. The average molecular weight is 538 g/mol. The van der Waals surface area contributed by atoms with Gasteiger partial charge in [-0.25, -0.2) is 0 Å². The number of hydrogen-bond acceptors (Lipinski definition) is 3. The summed E-state index contributed by atoms with van der Waals surface area (Å²) < 4.78 is 2.31. The van der Waals surface area contributed by atoms with Gasteiger partial charge in [-0.1, -0.05) is 36.4 Å². The summed E-state index contributed by atoms with van der Waals surface area (Å²) in [5.41, 5.74) is 9.87. The number of aryl methyl sites for hydroxylation is 2. The first kappa shape index (κ1) is 26.6. The highest BCUT2D eigenvalue weighted by Crippen LogP contribution is 2.43. The second-order valence-electron chi connectivity index (χ2n) is 10.3. The van der Waals surface area contributed by atoms with Crippen LogP contribution in [0.2, 0.25) is 0 Å². The Kier molecular flexibility index (Phi) is 7.53. The van der Waals surface area contributed by atoms with Gasteiger partial charge in [-0.15, -0.1) is 0 Å². The molecule has 1 amide bonds. The summed E-state index contributed by atoms with van der Waals surface area (Å²) >= 11 is 5.88. The highest BCUT2D eigenvalue weighted by atomic mass is 32.1. The molecule has 2 aromatic heterocycles. The number of carbonyl (C=O) groups is 1. The minimum atomic E-state index is -0.135. The van der Waals surface area contributed by atoms with Gasteiger partial charge in [0, 0.05) is 47.5 Å². The molecule has 1 fully saturated rings. The molecule has 2 N–H and O–H groups in total. The quantitative estimate of drug-likeness (QED) is 0.267. The number of amides is 1. The van der Waals surface area contributed by atoms with Crippen LogP contribution in [0, 0.1) is 34.6 Å². The van der Waals surface area contributed by atoms with Gasteiger partial charge >= 0.3 is 0 Å². The molecule has 1 aliphatic rings. The molecular weight excluding hydrogens is 502 g/mol. The molecule has 0 radical (unpaired) electrons. The van der Waals surface area contributed by atoms with E-state index in [9.17, 15) is 4.79 Å². The van der Waals surface area contributed by atoms with Crippen molar-refractivity contribution in [2.24, 2.45) is 0 Å². The SMILES string of the molecule is Cc1ccc(C)c(NC(=O)CCN2C(=S)N[C@@H](c3ccccn3)[C@@H]2c2c(C)c(C)n(-c3ccccc3)c2C)c1. The monoisotopic (exact) mass is 537 g/mol. The van der Waals surface area contributed by atoms with Crippen LogP contribution in [-0.2, 0) is 4.79 Å². The topological polar surface area (TPSA) is 62.2 Å². The van der Waals surface area contributed by atoms with E-state index in [-0.39, 0.29) is 18.0 Å². The van der Waals surface area contributed by atoms with Gasteiger partial charge in [0.1, 0.15) is 0 Å². The molecule has 2 aromatic carbocycles. The molecule has 0 bridgehead atoms. The lowest BCUT2D eigenvalue weighted by Gasteiger charge is -2.29. The van der Waals surface area contributed by atoms with Crippen molar-refractivity contribution in [3.8, 4) is 5.69 Å². The number of pyridine rings is 1. The largest absolute Gasteiger partial charge is 0.352 e. The van der Waals surface area contributed by atoms with Gasteiger partial charge in [-0.2, -0.15) is 0 Å². The van der Waals surface area contributed by atoms with Crippen LogP contribution >= 0.6 is 12.2 Å². The average Bonchev–Trinajstić information content (AvgIpc) is 3.37. The molecule has 6 nitrogen and oxygen atoms in total. The number of anilines is 1. The Labute approximate surface area is 236 Å². The fourth-order valence-corrected chi connectivity index (χ4v) is 6.00. The number of para-hydroxylation sites is 1. The van der Waals surface area contributed by atoms with Gasteiger partial charge in [0.15, 0.2) is 5.11 Å². The van der Waals surface area contributed by atoms with Crippen LogP contribution in [0.3, 0.4) is 0 Å². The third-order valence-corrected chi connectivity index (χ3v) is 8.11. The molecule has 0 spiro atoms. The first-order valence-electron chi connectivity index (χ1n) is 13.3. The highest BCUT2D eigenvalue weighted by Gasteiger charge is 2.42. The molecule has 5 rings (SSSR count). The maximum Gasteiger partial charge on any atom is 0.226 e. The normalized spacial score (nSPS) is 16.8. The fraction of sp³-hybridized carbons (Fsp3) is 0.281. The lowest BCUT2D eigenvalue weighted by Crippen LogP contribution is -2.33. The highest BCUT2D eigenvalue weighted by molar-refractivity contribution is 7.80. The number of thiocarbonyl (C=S) groups is 1. The van der Waals surface area contributed by atoms with Crippen LogP contribution in [0.4, 0.5) is 5.69 Å². The fourth-order valence-electron chi connectivity index (χ4n) is 5.67. The van der Waals surface area contributed by atoms with Crippen molar-refractivity contribution in [1.29, 1.82) is 0 Å². The van der Waals surface area contributed by atoms with E-state index in [2.05, 4.69) is 76.2 Å². The standard InChI is InChI=1S/C32H35N5OS/c1-20-14-15-21(2)27(19-20)34-28(38)16-18-36-31(30(35-32(36)39)26-13-9-10-17-33-26)29-22(3)23(4)37(24(29)5)25-11-7-6-8-12-25/h6-15,17,19,30-31H,16,18H2,1-5H3,(H,34,38)(H,35,39)/t30-,31-/m0/s1. The Morgan fingerprint density at radius 3 is 2.44 bits per heavy atom. The maximum atomic E-state index is 13.1. The Bertz CT molecular complexity index is 1510. The van der Waals surface area contributed by atoms with E-state index >= 15 is 0 Å². The predicted molar refractivity (Wildman–Crippen MR) is 161 cm³/mol. The molecule has 7 heteroatoms. The van der Waals surface area contributed by atoms with E-state index in [0.29, 0.717) is 18.1 Å². The van der Waals surface area contributed by atoms with Crippen molar-refractivity contribution in [3.63, 3.8) is 0 Å². The summed E-state index contributed by atoms with van der Waals surface area (Å²) in [5.74, 6) is -0.0296. The lowest BCUT2D eigenvalue weighted by atomic mass is 9.93. The Balaban J connectivity index is 1.50. The lowest BCUT2D eigenvalue weighted by molar-refractivity contribution is -0.116. The second-order valence-corrected chi connectivity index (χ2v) is 10.7. The molecule has 1 saturated heterocycles. The molecule has 39 heavy (non-hydrogen) atoms. The number of nitrogens with zero attached hydrogens (tertiary/aromatic N) is 3. The van der Waals surface area contributed by atoms with Crippen molar-refractivity contribution in [3.05, 3.63) is 112 Å². The van der Waals surface area contributed by atoms with Gasteiger partial charge in [0.2, 0.25) is 5.91 Å². The van der Waals surface area contributed by atoms with Crippen LogP contribution in [-0.4, -0.2) is 32.0 Å². The van der Waals surface area contributed by atoms with E-state index in [0.717, 1.165) is 28.2 Å². The Morgan fingerprint density at radius 2 is 1.72 bits per heavy atom. The molecule has 2 atom stereocenters. The van der Waals surface area contributed by atoms with Crippen molar-refractivity contribution < 1.29 is 4.79 Å². The summed E-state index contributed by atoms with van der Waals surface area (Å²) in [6.45, 7) is 11.0. The number of carbonyl (C=O) groups excluding carboxylic acids is 1. The van der Waals surface area contributed by atoms with Gasteiger partial charge in [0.25, 0.3) is 0 Å². The molecule has 1 aliphatic heterocycles. The van der Waals surface area contributed by atoms with Gasteiger partial charge < -0.3 is 20.1 Å². The summed E-state index contributed by atoms with van der Waals surface area (Å²) in [4.78, 5) is 19.9. The summed E-state index contributed by atoms with van der Waals surface area (Å²) in [6, 6.07) is 22.2. The Morgan fingerprint density at radius 1 is 0.974 bits per heavy atom. The summed E-state index contributed by atoms with van der Waals surface area (Å²) in [7, 11) is 0. The van der Waals surface area contributed by atoms with Crippen LogP contribution in [0.5, 0.6) is 0 Å². The van der Waals surface area contributed by atoms with Crippen LogP contribution in [0.25, 0.3) is 5.69 Å². The van der Waals surface area contributed by atoms with Crippen molar-refractivity contribution in [2.75, 3.05) is 11.9 Å². The van der Waals surface area contributed by atoms with E-state index in [4.69, 9.17) is 12.2 Å². The first-order chi connectivity index (χ1) is 18.8. The number of aromatic nitrogens is 2. The van der Waals surface area contributed by atoms with Gasteiger partial charge in [0.05, 0.1) is 17.8 Å². The van der Waals surface area contributed by atoms with Gasteiger partial charge in [-0.3, -0.25) is 9.78 Å². The third-order valence-electron chi connectivity index (χ3n) is 7.76. The Hall–Kier alpha value is -3.97. The number of hydrogen-bond donors (Lipinski definition) is 2. The molecule has 0 aliphatic carbocycles. The number of benzene rings is 2. The summed E-state index contributed by atoms with van der Waals surface area (Å²) in [5, 5.41) is 7.27. The van der Waals surface area contributed by atoms with E-state index in [1.807, 2.05) is 56.4 Å². The van der Waals surface area contributed by atoms with Gasteiger partial charge in [-0.05, 0) is 93.9 Å². The predicted octanol–water partition coefficient (Wildman–Crippen LogP) is 6.42. The summed E-state index contributed by atoms with van der Waals surface area (Å²) in [6.07, 6.45) is 2.13. The van der Waals surface area contributed by atoms with Crippen molar-refractivity contribution in [2.45, 2.75) is 53.1 Å². The maximum absolute atomic E-state index is 13.1. The minimum absolute atomic E-state index is 0.0296. The molecule has 200 valence electrons.